The van der Waals surface area contributed by atoms with Gasteiger partial charge in [-0.25, -0.2) is 8.78 Å². The standard InChI is InChI=1S/C15H19F2NO/c1-10-3-6-12(7-4-10)18(2)15(19)11-5-8-13(16)14(17)9-11/h5,8-10,12H,3-4,6-7H2,1-2H3. The van der Waals surface area contributed by atoms with Crippen molar-refractivity contribution in [1.82, 2.24) is 4.90 Å². The molecule has 4 heteroatoms. The summed E-state index contributed by atoms with van der Waals surface area (Å²) < 4.78 is 26.0. The minimum absolute atomic E-state index is 0.205. The molecule has 0 saturated heterocycles. The van der Waals surface area contributed by atoms with E-state index in [1.807, 2.05) is 0 Å². The van der Waals surface area contributed by atoms with E-state index >= 15 is 0 Å². The van der Waals surface area contributed by atoms with E-state index in [1.54, 1.807) is 11.9 Å². The molecule has 0 N–H and O–H groups in total. The smallest absolute Gasteiger partial charge is 0.253 e. The fraction of sp³-hybridized carbons (Fsp3) is 0.533. The highest BCUT2D eigenvalue weighted by molar-refractivity contribution is 5.94. The number of hydrogen-bond acceptors (Lipinski definition) is 1. The molecule has 2 rings (SSSR count). The van der Waals surface area contributed by atoms with Gasteiger partial charge in [-0.2, -0.15) is 0 Å². The Morgan fingerprint density at radius 3 is 2.37 bits per heavy atom. The van der Waals surface area contributed by atoms with E-state index in [0.717, 1.165) is 37.8 Å². The summed E-state index contributed by atoms with van der Waals surface area (Å²) in [4.78, 5) is 13.9. The average molecular weight is 267 g/mol. The van der Waals surface area contributed by atoms with Crippen LogP contribution in [0.25, 0.3) is 0 Å². The van der Waals surface area contributed by atoms with E-state index in [1.165, 1.54) is 6.07 Å². The highest BCUT2D eigenvalue weighted by Gasteiger charge is 2.25. The van der Waals surface area contributed by atoms with Gasteiger partial charge in [0.25, 0.3) is 5.91 Å². The lowest BCUT2D eigenvalue weighted by Gasteiger charge is -2.33. The quantitative estimate of drug-likeness (QED) is 0.801. The van der Waals surface area contributed by atoms with Crippen LogP contribution in [0.2, 0.25) is 0 Å². The molecule has 19 heavy (non-hydrogen) atoms. The second-order valence-electron chi connectivity index (χ2n) is 5.46. The summed E-state index contributed by atoms with van der Waals surface area (Å²) in [5.41, 5.74) is 0.208. The zero-order valence-electron chi connectivity index (χ0n) is 11.3. The third kappa shape index (κ3) is 3.11. The van der Waals surface area contributed by atoms with Crippen LogP contribution in [0.1, 0.15) is 43.0 Å². The van der Waals surface area contributed by atoms with Gasteiger partial charge in [0.2, 0.25) is 0 Å². The molecule has 0 atom stereocenters. The molecule has 1 aromatic carbocycles. The topological polar surface area (TPSA) is 20.3 Å². The Balaban J connectivity index is 2.08. The number of amides is 1. The SMILES string of the molecule is CC1CCC(N(C)C(=O)c2ccc(F)c(F)c2)CC1. The Kier molecular flexibility index (Phi) is 4.17. The number of nitrogens with zero attached hydrogens (tertiary/aromatic N) is 1. The molecule has 0 aliphatic heterocycles. The maximum atomic E-state index is 13.2. The molecule has 104 valence electrons. The van der Waals surface area contributed by atoms with Gasteiger partial charge in [-0.05, 0) is 49.8 Å². The third-order valence-corrected chi connectivity index (χ3v) is 4.02. The Labute approximate surface area is 112 Å². The molecule has 1 aromatic rings. The van der Waals surface area contributed by atoms with E-state index in [2.05, 4.69) is 6.92 Å². The lowest BCUT2D eigenvalue weighted by Crippen LogP contribution is -2.39. The lowest BCUT2D eigenvalue weighted by molar-refractivity contribution is 0.0679. The van der Waals surface area contributed by atoms with Gasteiger partial charge >= 0.3 is 0 Å². The van der Waals surface area contributed by atoms with E-state index in [9.17, 15) is 13.6 Å². The zero-order chi connectivity index (χ0) is 14.0. The third-order valence-electron chi connectivity index (χ3n) is 4.02. The molecule has 0 unspecified atom stereocenters. The van der Waals surface area contributed by atoms with Crippen molar-refractivity contribution in [3.8, 4) is 0 Å². The first-order valence-electron chi connectivity index (χ1n) is 6.71. The van der Waals surface area contributed by atoms with Crippen LogP contribution in [-0.2, 0) is 0 Å². The first-order valence-corrected chi connectivity index (χ1v) is 6.71. The minimum atomic E-state index is -0.975. The molecule has 1 amide bonds. The molecule has 0 radical (unpaired) electrons. The fourth-order valence-electron chi connectivity index (χ4n) is 2.63. The van der Waals surface area contributed by atoms with Crippen molar-refractivity contribution in [1.29, 1.82) is 0 Å². The van der Waals surface area contributed by atoms with Crippen LogP contribution in [0.15, 0.2) is 18.2 Å². The highest BCUT2D eigenvalue weighted by atomic mass is 19.2. The van der Waals surface area contributed by atoms with Crippen molar-refractivity contribution >= 4 is 5.91 Å². The molecule has 1 saturated carbocycles. The molecular weight excluding hydrogens is 248 g/mol. The van der Waals surface area contributed by atoms with Crippen LogP contribution in [-0.4, -0.2) is 23.9 Å². The zero-order valence-corrected chi connectivity index (χ0v) is 11.3. The van der Waals surface area contributed by atoms with Gasteiger partial charge in [0.1, 0.15) is 0 Å². The Morgan fingerprint density at radius 1 is 1.16 bits per heavy atom. The molecule has 1 aliphatic rings. The van der Waals surface area contributed by atoms with Gasteiger partial charge in [0.05, 0.1) is 0 Å². The molecule has 0 aromatic heterocycles. The first kappa shape index (κ1) is 14.0. The number of rotatable bonds is 2. The predicted molar refractivity (Wildman–Crippen MR) is 69.9 cm³/mol. The van der Waals surface area contributed by atoms with Crippen molar-refractivity contribution < 1.29 is 13.6 Å². The van der Waals surface area contributed by atoms with Crippen LogP contribution in [0.5, 0.6) is 0 Å². The Bertz CT molecular complexity index is 467. The number of carbonyl (C=O) groups excluding carboxylic acids is 1. The van der Waals surface area contributed by atoms with Crippen molar-refractivity contribution in [2.75, 3.05) is 7.05 Å². The van der Waals surface area contributed by atoms with Crippen LogP contribution in [0.3, 0.4) is 0 Å². The van der Waals surface area contributed by atoms with E-state index in [4.69, 9.17) is 0 Å². The van der Waals surface area contributed by atoms with Gasteiger partial charge in [-0.3, -0.25) is 4.79 Å². The van der Waals surface area contributed by atoms with Gasteiger partial charge < -0.3 is 4.90 Å². The van der Waals surface area contributed by atoms with Gasteiger partial charge in [-0.1, -0.05) is 6.92 Å². The van der Waals surface area contributed by atoms with E-state index in [-0.39, 0.29) is 17.5 Å². The lowest BCUT2D eigenvalue weighted by atomic mass is 9.86. The van der Waals surface area contributed by atoms with Crippen molar-refractivity contribution in [3.63, 3.8) is 0 Å². The molecule has 1 aliphatic carbocycles. The minimum Gasteiger partial charge on any atom is -0.339 e. The number of hydrogen-bond donors (Lipinski definition) is 0. The van der Waals surface area contributed by atoms with Gasteiger partial charge in [0.15, 0.2) is 11.6 Å². The fourth-order valence-corrected chi connectivity index (χ4v) is 2.63. The monoisotopic (exact) mass is 267 g/mol. The van der Waals surface area contributed by atoms with Crippen molar-refractivity contribution in [3.05, 3.63) is 35.4 Å². The predicted octanol–water partition coefficient (Wildman–Crippen LogP) is 3.62. The van der Waals surface area contributed by atoms with E-state index < -0.39 is 11.6 Å². The molecule has 2 nitrogen and oxygen atoms in total. The van der Waals surface area contributed by atoms with Crippen LogP contribution in [0, 0.1) is 17.6 Å². The molecule has 1 fully saturated rings. The molecular formula is C15H19F2NO. The molecule has 0 heterocycles. The van der Waals surface area contributed by atoms with Crippen LogP contribution >= 0.6 is 0 Å². The molecule has 0 bridgehead atoms. The summed E-state index contributed by atoms with van der Waals surface area (Å²) in [7, 11) is 1.74. The first-order chi connectivity index (χ1) is 8.99. The Morgan fingerprint density at radius 2 is 1.79 bits per heavy atom. The summed E-state index contributed by atoms with van der Waals surface area (Å²) >= 11 is 0. The number of halogens is 2. The van der Waals surface area contributed by atoms with E-state index in [0.29, 0.717) is 5.92 Å². The second-order valence-corrected chi connectivity index (χ2v) is 5.46. The van der Waals surface area contributed by atoms with Crippen LogP contribution in [0.4, 0.5) is 8.78 Å². The molecule has 0 spiro atoms. The summed E-state index contributed by atoms with van der Waals surface area (Å²) in [5, 5.41) is 0. The maximum Gasteiger partial charge on any atom is 0.253 e. The largest absolute Gasteiger partial charge is 0.339 e. The number of benzene rings is 1. The Hall–Kier alpha value is -1.45. The normalized spacial score (nSPS) is 23.2. The van der Waals surface area contributed by atoms with Gasteiger partial charge in [0, 0.05) is 18.7 Å². The second kappa shape index (κ2) is 5.68. The summed E-state index contributed by atoms with van der Waals surface area (Å²) in [6, 6.07) is 3.51. The average Bonchev–Trinajstić information content (AvgIpc) is 2.41. The number of carbonyl (C=O) groups is 1. The maximum absolute atomic E-state index is 13.2. The summed E-state index contributed by atoms with van der Waals surface area (Å²) in [6.45, 7) is 2.22. The van der Waals surface area contributed by atoms with Gasteiger partial charge in [-0.15, -0.1) is 0 Å². The van der Waals surface area contributed by atoms with Crippen molar-refractivity contribution in [2.24, 2.45) is 5.92 Å². The highest BCUT2D eigenvalue weighted by Crippen LogP contribution is 2.27. The summed E-state index contributed by atoms with van der Waals surface area (Å²) in [5.74, 6) is -1.43. The van der Waals surface area contributed by atoms with Crippen molar-refractivity contribution in [2.45, 2.75) is 38.6 Å². The summed E-state index contributed by atoms with van der Waals surface area (Å²) in [6.07, 6.45) is 4.18. The van der Waals surface area contributed by atoms with Crippen LogP contribution < -0.4 is 0 Å².